The second-order valence-corrected chi connectivity index (χ2v) is 7.14. The van der Waals surface area contributed by atoms with Crippen LogP contribution >= 0.6 is 0 Å². The van der Waals surface area contributed by atoms with Crippen molar-refractivity contribution in [2.75, 3.05) is 5.32 Å². The predicted molar refractivity (Wildman–Crippen MR) is 117 cm³/mol. The van der Waals surface area contributed by atoms with Gasteiger partial charge >= 0.3 is 0 Å². The van der Waals surface area contributed by atoms with Crippen molar-refractivity contribution in [3.8, 4) is 22.6 Å². The Morgan fingerprint density at radius 3 is 2.60 bits per heavy atom. The fourth-order valence-corrected chi connectivity index (χ4v) is 3.03. The first kappa shape index (κ1) is 19.3. The standard InChI is InChI=1S/C21H23N9/c1-14(2)30-13-23-28-20(30)18-5-4-6-19(26-18)27-21(22)25-17-9-7-15(8-10-17)16-11-24-29(3)12-16/h4-14H,1-3H3,(H3,22,25,26,27). The highest BCUT2D eigenvalue weighted by atomic mass is 15.3. The zero-order chi connectivity index (χ0) is 21.1. The highest BCUT2D eigenvalue weighted by Gasteiger charge is 2.11. The van der Waals surface area contributed by atoms with E-state index in [4.69, 9.17) is 5.73 Å². The van der Waals surface area contributed by atoms with Crippen LogP contribution in [0.1, 0.15) is 19.9 Å². The number of hydrogen-bond donors (Lipinski definition) is 2. The number of rotatable bonds is 5. The summed E-state index contributed by atoms with van der Waals surface area (Å²) in [5, 5.41) is 15.5. The van der Waals surface area contributed by atoms with Gasteiger partial charge < -0.3 is 15.6 Å². The second kappa shape index (κ2) is 8.16. The molecule has 0 unspecified atom stereocenters. The lowest BCUT2D eigenvalue weighted by molar-refractivity contribution is 0.603. The minimum Gasteiger partial charge on any atom is -0.369 e. The first-order valence-electron chi connectivity index (χ1n) is 9.57. The molecule has 0 aliphatic rings. The average Bonchev–Trinajstić information content (AvgIpc) is 3.38. The van der Waals surface area contributed by atoms with Crippen LogP contribution in [0.15, 0.2) is 66.2 Å². The Labute approximate surface area is 174 Å². The van der Waals surface area contributed by atoms with Gasteiger partial charge in [0.2, 0.25) is 0 Å². The lowest BCUT2D eigenvalue weighted by Crippen LogP contribution is -2.22. The molecule has 0 atom stereocenters. The molecule has 0 saturated carbocycles. The lowest BCUT2D eigenvalue weighted by atomic mass is 10.1. The number of nitrogens with one attached hydrogen (secondary N) is 1. The van der Waals surface area contributed by atoms with Crippen molar-refractivity contribution in [3.63, 3.8) is 0 Å². The minimum absolute atomic E-state index is 0.227. The SMILES string of the molecule is CC(C)n1cnnc1-c1cccc(N=C(N)Nc2ccc(-c3cnn(C)c3)cc2)n1. The van der Waals surface area contributed by atoms with Crippen LogP contribution in [0.3, 0.4) is 0 Å². The van der Waals surface area contributed by atoms with Crippen molar-refractivity contribution in [2.45, 2.75) is 19.9 Å². The first-order valence-corrected chi connectivity index (χ1v) is 9.57. The van der Waals surface area contributed by atoms with Gasteiger partial charge in [-0.05, 0) is 43.7 Å². The van der Waals surface area contributed by atoms with E-state index in [1.165, 1.54) is 0 Å². The van der Waals surface area contributed by atoms with Crippen LogP contribution in [0.25, 0.3) is 22.6 Å². The first-order chi connectivity index (χ1) is 14.5. The molecule has 4 aromatic rings. The molecule has 0 radical (unpaired) electrons. The number of nitrogens with zero attached hydrogens (tertiary/aromatic N) is 7. The molecule has 3 N–H and O–H groups in total. The normalized spacial score (nSPS) is 11.8. The van der Waals surface area contributed by atoms with Crippen LogP contribution in [0, 0.1) is 0 Å². The summed E-state index contributed by atoms with van der Waals surface area (Å²) in [4.78, 5) is 8.94. The molecule has 30 heavy (non-hydrogen) atoms. The molecule has 3 aromatic heterocycles. The van der Waals surface area contributed by atoms with Crippen LogP contribution in [-0.4, -0.2) is 35.5 Å². The molecule has 9 heteroatoms. The predicted octanol–water partition coefficient (Wildman–Crippen LogP) is 3.38. The third-order valence-electron chi connectivity index (χ3n) is 4.52. The maximum atomic E-state index is 6.09. The second-order valence-electron chi connectivity index (χ2n) is 7.14. The number of hydrogen-bond acceptors (Lipinski definition) is 5. The van der Waals surface area contributed by atoms with Gasteiger partial charge in [-0.1, -0.05) is 18.2 Å². The fraction of sp³-hybridized carbons (Fsp3) is 0.190. The molecular formula is C21H23N9. The van der Waals surface area contributed by atoms with Crippen LogP contribution in [-0.2, 0) is 7.05 Å². The Bertz CT molecular complexity index is 1170. The number of pyridine rings is 1. The molecule has 0 amide bonds. The van der Waals surface area contributed by atoms with E-state index >= 15 is 0 Å². The van der Waals surface area contributed by atoms with Gasteiger partial charge in [-0.25, -0.2) is 4.98 Å². The van der Waals surface area contributed by atoms with Crippen LogP contribution in [0.5, 0.6) is 0 Å². The Hall–Kier alpha value is -4.01. The Morgan fingerprint density at radius 2 is 1.90 bits per heavy atom. The Morgan fingerprint density at radius 1 is 1.10 bits per heavy atom. The van der Waals surface area contributed by atoms with E-state index < -0.39 is 0 Å². The fourth-order valence-electron chi connectivity index (χ4n) is 3.03. The van der Waals surface area contributed by atoms with Gasteiger partial charge in [-0.15, -0.1) is 10.2 Å². The van der Waals surface area contributed by atoms with Crippen molar-refractivity contribution in [1.82, 2.24) is 29.5 Å². The van der Waals surface area contributed by atoms with E-state index in [0.717, 1.165) is 16.8 Å². The van der Waals surface area contributed by atoms with Gasteiger partial charge in [0.15, 0.2) is 17.6 Å². The van der Waals surface area contributed by atoms with Crippen molar-refractivity contribution < 1.29 is 0 Å². The zero-order valence-electron chi connectivity index (χ0n) is 17.1. The topological polar surface area (TPSA) is 112 Å². The zero-order valence-corrected chi connectivity index (χ0v) is 17.1. The van der Waals surface area contributed by atoms with Crippen LogP contribution in [0.2, 0.25) is 0 Å². The molecule has 152 valence electrons. The quantitative estimate of drug-likeness (QED) is 0.392. The monoisotopic (exact) mass is 401 g/mol. The number of nitrogens with two attached hydrogens (primary N) is 1. The number of aromatic nitrogens is 6. The van der Waals surface area contributed by atoms with E-state index in [2.05, 4.69) is 44.4 Å². The average molecular weight is 401 g/mol. The van der Waals surface area contributed by atoms with Crippen molar-refractivity contribution >= 4 is 17.5 Å². The minimum atomic E-state index is 0.227. The number of guanidine groups is 1. The maximum absolute atomic E-state index is 6.09. The van der Waals surface area contributed by atoms with Gasteiger partial charge in [0.1, 0.15) is 12.0 Å². The largest absolute Gasteiger partial charge is 0.369 e. The third-order valence-corrected chi connectivity index (χ3v) is 4.52. The summed E-state index contributed by atoms with van der Waals surface area (Å²) in [5.74, 6) is 1.43. The van der Waals surface area contributed by atoms with E-state index in [-0.39, 0.29) is 12.0 Å². The molecule has 3 heterocycles. The molecular weight excluding hydrogens is 378 g/mol. The molecule has 0 bridgehead atoms. The van der Waals surface area contributed by atoms with Crippen molar-refractivity contribution in [1.29, 1.82) is 0 Å². The van der Waals surface area contributed by atoms with Gasteiger partial charge in [-0.2, -0.15) is 10.1 Å². The third kappa shape index (κ3) is 4.19. The smallest absolute Gasteiger partial charge is 0.199 e. The number of benzene rings is 1. The summed E-state index contributed by atoms with van der Waals surface area (Å²) in [7, 11) is 1.90. The summed E-state index contributed by atoms with van der Waals surface area (Å²) in [5.41, 5.74) is 9.75. The molecule has 0 fully saturated rings. The summed E-state index contributed by atoms with van der Waals surface area (Å²) >= 11 is 0. The summed E-state index contributed by atoms with van der Waals surface area (Å²) in [6, 6.07) is 13.7. The molecule has 1 aromatic carbocycles. The highest BCUT2D eigenvalue weighted by molar-refractivity contribution is 5.94. The Kier molecular flexibility index (Phi) is 5.25. The van der Waals surface area contributed by atoms with Crippen molar-refractivity contribution in [3.05, 3.63) is 61.2 Å². The lowest BCUT2D eigenvalue weighted by Gasteiger charge is -2.10. The van der Waals surface area contributed by atoms with E-state index in [9.17, 15) is 0 Å². The molecule has 0 aliphatic heterocycles. The van der Waals surface area contributed by atoms with E-state index in [1.54, 1.807) is 17.1 Å². The summed E-state index contributed by atoms with van der Waals surface area (Å²) in [6.45, 7) is 4.13. The van der Waals surface area contributed by atoms with E-state index in [1.807, 2.05) is 60.4 Å². The summed E-state index contributed by atoms with van der Waals surface area (Å²) in [6.07, 6.45) is 5.50. The molecule has 0 spiro atoms. The van der Waals surface area contributed by atoms with Gasteiger partial charge in [-0.3, -0.25) is 4.68 Å². The van der Waals surface area contributed by atoms with Gasteiger partial charge in [0.05, 0.1) is 6.20 Å². The maximum Gasteiger partial charge on any atom is 0.199 e. The molecule has 4 rings (SSSR count). The van der Waals surface area contributed by atoms with Crippen molar-refractivity contribution in [2.24, 2.45) is 17.8 Å². The van der Waals surface area contributed by atoms with E-state index in [0.29, 0.717) is 17.3 Å². The van der Waals surface area contributed by atoms with Crippen LogP contribution < -0.4 is 11.1 Å². The number of aryl methyl sites for hydroxylation is 1. The number of aliphatic imine (C=N–C) groups is 1. The number of anilines is 1. The molecule has 9 nitrogen and oxygen atoms in total. The highest BCUT2D eigenvalue weighted by Crippen LogP contribution is 2.22. The molecule has 0 aliphatic carbocycles. The Balaban J connectivity index is 1.50. The molecule has 0 saturated heterocycles. The van der Waals surface area contributed by atoms with Gasteiger partial charge in [0.25, 0.3) is 0 Å². The van der Waals surface area contributed by atoms with Gasteiger partial charge in [0, 0.05) is 30.5 Å². The summed E-state index contributed by atoms with van der Waals surface area (Å²) < 4.78 is 3.73. The van der Waals surface area contributed by atoms with Crippen LogP contribution in [0.4, 0.5) is 11.5 Å².